The summed E-state index contributed by atoms with van der Waals surface area (Å²) in [5.41, 5.74) is 1.31. The minimum absolute atomic E-state index is 0.199. The quantitative estimate of drug-likeness (QED) is 0.499. The van der Waals surface area contributed by atoms with Crippen molar-refractivity contribution < 1.29 is 14.4 Å². The summed E-state index contributed by atoms with van der Waals surface area (Å²) >= 11 is 4.21. The number of hydrogen-bond donors (Lipinski definition) is 2. The molecule has 2 aromatic rings. The summed E-state index contributed by atoms with van der Waals surface area (Å²) in [5, 5.41) is 4.12. The molecule has 2 aliphatic heterocycles. The van der Waals surface area contributed by atoms with Crippen LogP contribution in [0.15, 0.2) is 35.2 Å². The van der Waals surface area contributed by atoms with Crippen molar-refractivity contribution in [1.29, 1.82) is 0 Å². The largest absolute Gasteiger partial charge is 0.295 e. The van der Waals surface area contributed by atoms with Crippen molar-refractivity contribution in [2.24, 2.45) is 0 Å². The molecule has 1 fully saturated rings. The molecule has 1 N–H and O–H groups in total. The number of piperidine rings is 1. The van der Waals surface area contributed by atoms with E-state index < -0.39 is 11.9 Å². The fraction of sp³-hybridized carbons (Fsp3) is 0.188. The molecular weight excluding hydrogens is 332 g/mol. The van der Waals surface area contributed by atoms with Crippen LogP contribution in [-0.4, -0.2) is 23.8 Å². The van der Waals surface area contributed by atoms with Crippen molar-refractivity contribution in [2.45, 2.75) is 23.8 Å². The average Bonchev–Trinajstić information content (AvgIpc) is 2.82. The Bertz CT molecular complexity index is 881. The molecule has 2 aromatic carbocycles. The molecule has 116 valence electrons. The number of anilines is 1. The highest BCUT2D eigenvalue weighted by Gasteiger charge is 2.40. The molecule has 0 radical (unpaired) electrons. The Balaban J connectivity index is 1.86. The van der Waals surface area contributed by atoms with Crippen LogP contribution in [0.1, 0.15) is 23.2 Å². The summed E-state index contributed by atoms with van der Waals surface area (Å²) in [6, 6.07) is 8.78. The van der Waals surface area contributed by atoms with Gasteiger partial charge in [0.1, 0.15) is 6.04 Å². The maximum atomic E-state index is 12.9. The summed E-state index contributed by atoms with van der Waals surface area (Å²) in [5.74, 6) is -0.902. The fourth-order valence-corrected chi connectivity index (χ4v) is 3.95. The molecular formula is C16H12N2O3S2. The molecule has 5 nitrogen and oxygen atoms in total. The smallest absolute Gasteiger partial charge is 0.259 e. The van der Waals surface area contributed by atoms with Crippen molar-refractivity contribution in [1.82, 2.24) is 5.32 Å². The summed E-state index contributed by atoms with van der Waals surface area (Å²) in [6.07, 6.45) is 0.583. The molecule has 0 aliphatic carbocycles. The molecule has 1 unspecified atom stereocenters. The monoisotopic (exact) mass is 344 g/mol. The molecule has 1 atom stereocenters. The first-order valence-electron chi connectivity index (χ1n) is 7.15. The van der Waals surface area contributed by atoms with E-state index in [1.54, 1.807) is 6.07 Å². The molecule has 4 rings (SSSR count). The van der Waals surface area contributed by atoms with Crippen LogP contribution in [0.25, 0.3) is 10.8 Å². The number of imide groups is 1. The summed E-state index contributed by atoms with van der Waals surface area (Å²) in [7, 11) is 1.28. The first-order valence-corrected chi connectivity index (χ1v) is 9.02. The third kappa shape index (κ3) is 2.14. The zero-order valence-electron chi connectivity index (χ0n) is 11.9. The lowest BCUT2D eigenvalue weighted by Gasteiger charge is -2.30. The summed E-state index contributed by atoms with van der Waals surface area (Å²) in [4.78, 5) is 38.8. The SMILES string of the molecule is O=C1CCC(N2C(=O)c3cc(SS)cc4cccc2c34)C(=O)N1. The number of carbonyl (C=O) groups is 3. The third-order valence-corrected chi connectivity index (χ3v) is 5.34. The fourth-order valence-electron chi connectivity index (χ4n) is 3.28. The molecule has 0 spiro atoms. The highest BCUT2D eigenvalue weighted by Crippen LogP contribution is 2.41. The van der Waals surface area contributed by atoms with Gasteiger partial charge in [0.25, 0.3) is 5.91 Å². The highest BCUT2D eigenvalue weighted by molar-refractivity contribution is 8.68. The molecule has 3 amide bonds. The van der Waals surface area contributed by atoms with Gasteiger partial charge < -0.3 is 0 Å². The second-order valence-electron chi connectivity index (χ2n) is 5.58. The summed E-state index contributed by atoms with van der Waals surface area (Å²) < 4.78 is 0. The lowest BCUT2D eigenvalue weighted by Crippen LogP contribution is -2.53. The molecule has 0 bridgehead atoms. The number of thiol groups is 1. The van der Waals surface area contributed by atoms with Crippen LogP contribution in [0.5, 0.6) is 0 Å². The van der Waals surface area contributed by atoms with E-state index in [2.05, 4.69) is 17.0 Å². The molecule has 7 heteroatoms. The maximum Gasteiger partial charge on any atom is 0.259 e. The van der Waals surface area contributed by atoms with Gasteiger partial charge in [-0.15, -0.1) is 11.7 Å². The standard InChI is InChI=1S/C16H12N2O3S2/c19-13-5-4-12(15(20)17-13)18-11-3-1-2-8-6-9(23-22)7-10(14(8)11)16(18)21/h1-3,6-7,12,22H,4-5H2,(H,17,19,20). The Morgan fingerprint density at radius 2 is 2.04 bits per heavy atom. The van der Waals surface area contributed by atoms with Crippen molar-refractivity contribution in [3.8, 4) is 0 Å². The van der Waals surface area contributed by atoms with Crippen molar-refractivity contribution in [3.63, 3.8) is 0 Å². The van der Waals surface area contributed by atoms with Gasteiger partial charge in [-0.05, 0) is 30.0 Å². The zero-order chi connectivity index (χ0) is 16.1. The Morgan fingerprint density at radius 1 is 1.22 bits per heavy atom. The molecule has 2 heterocycles. The number of benzene rings is 2. The van der Waals surface area contributed by atoms with Crippen LogP contribution >= 0.6 is 22.5 Å². The van der Waals surface area contributed by atoms with Gasteiger partial charge in [0.05, 0.1) is 11.3 Å². The highest BCUT2D eigenvalue weighted by atomic mass is 33.1. The van der Waals surface area contributed by atoms with Crippen LogP contribution in [0, 0.1) is 0 Å². The van der Waals surface area contributed by atoms with E-state index in [4.69, 9.17) is 0 Å². The van der Waals surface area contributed by atoms with Crippen molar-refractivity contribution in [2.75, 3.05) is 4.90 Å². The molecule has 2 aliphatic rings. The first kappa shape index (κ1) is 14.6. The predicted molar refractivity (Wildman–Crippen MR) is 91.8 cm³/mol. The Morgan fingerprint density at radius 3 is 2.78 bits per heavy atom. The normalized spacial score (nSPS) is 20.3. The second-order valence-corrected chi connectivity index (χ2v) is 6.78. The molecule has 23 heavy (non-hydrogen) atoms. The number of rotatable bonds is 2. The van der Waals surface area contributed by atoms with Gasteiger partial charge >= 0.3 is 0 Å². The minimum Gasteiger partial charge on any atom is -0.295 e. The zero-order valence-corrected chi connectivity index (χ0v) is 13.6. The van der Waals surface area contributed by atoms with Gasteiger partial charge in [-0.2, -0.15) is 0 Å². The Kier molecular flexibility index (Phi) is 3.35. The number of hydrogen-bond acceptors (Lipinski definition) is 5. The lowest BCUT2D eigenvalue weighted by atomic mass is 10.0. The maximum absolute atomic E-state index is 12.9. The second kappa shape index (κ2) is 5.28. The number of amides is 3. The van der Waals surface area contributed by atoms with Crippen molar-refractivity contribution in [3.05, 3.63) is 35.9 Å². The van der Waals surface area contributed by atoms with E-state index in [-0.39, 0.29) is 18.2 Å². The Hall–Kier alpha value is -1.99. The van der Waals surface area contributed by atoms with E-state index in [0.29, 0.717) is 12.0 Å². The van der Waals surface area contributed by atoms with E-state index in [9.17, 15) is 14.4 Å². The third-order valence-electron chi connectivity index (χ3n) is 4.26. The minimum atomic E-state index is -0.648. The first-order chi connectivity index (χ1) is 11.1. The van der Waals surface area contributed by atoms with E-state index >= 15 is 0 Å². The van der Waals surface area contributed by atoms with Gasteiger partial charge in [-0.1, -0.05) is 22.9 Å². The average molecular weight is 344 g/mol. The van der Waals surface area contributed by atoms with Crippen LogP contribution in [0.2, 0.25) is 0 Å². The predicted octanol–water partition coefficient (Wildman–Crippen LogP) is 2.54. The van der Waals surface area contributed by atoms with E-state index in [1.165, 1.54) is 15.7 Å². The number of nitrogens with zero attached hydrogens (tertiary/aromatic N) is 1. The van der Waals surface area contributed by atoms with Gasteiger partial charge in [-0.25, -0.2) is 0 Å². The van der Waals surface area contributed by atoms with Gasteiger partial charge in [0.15, 0.2) is 0 Å². The van der Waals surface area contributed by atoms with E-state index in [0.717, 1.165) is 21.4 Å². The topological polar surface area (TPSA) is 66.5 Å². The van der Waals surface area contributed by atoms with Crippen LogP contribution < -0.4 is 10.2 Å². The van der Waals surface area contributed by atoms with Crippen LogP contribution in [0.3, 0.4) is 0 Å². The lowest BCUT2D eigenvalue weighted by molar-refractivity contribution is -0.134. The molecule has 0 saturated carbocycles. The van der Waals surface area contributed by atoms with E-state index in [1.807, 2.05) is 24.3 Å². The van der Waals surface area contributed by atoms with Gasteiger partial charge in [0.2, 0.25) is 11.8 Å². The Labute approximate surface area is 141 Å². The molecule has 1 saturated heterocycles. The van der Waals surface area contributed by atoms with Gasteiger partial charge in [-0.3, -0.25) is 24.6 Å². The molecule has 0 aromatic heterocycles. The van der Waals surface area contributed by atoms with Crippen molar-refractivity contribution >= 4 is 56.6 Å². The van der Waals surface area contributed by atoms with Crippen LogP contribution in [-0.2, 0) is 9.59 Å². The van der Waals surface area contributed by atoms with Gasteiger partial charge in [0, 0.05) is 16.7 Å². The summed E-state index contributed by atoms with van der Waals surface area (Å²) in [6.45, 7) is 0. The number of nitrogens with one attached hydrogen (secondary N) is 1. The van der Waals surface area contributed by atoms with Crippen LogP contribution in [0.4, 0.5) is 5.69 Å². The number of carbonyl (C=O) groups excluding carboxylic acids is 3.